The Balaban J connectivity index is 1.69. The van der Waals surface area contributed by atoms with Crippen molar-refractivity contribution in [2.75, 3.05) is 6.61 Å². The van der Waals surface area contributed by atoms with E-state index in [4.69, 9.17) is 9.47 Å². The van der Waals surface area contributed by atoms with Gasteiger partial charge in [-0.15, -0.1) is 0 Å². The Labute approximate surface area is 168 Å². The number of hydrogen-bond donors (Lipinski definition) is 6. The van der Waals surface area contributed by atoms with Crippen LogP contribution in [0.25, 0.3) is 0 Å². The molecular formula is C21H26O8. The van der Waals surface area contributed by atoms with E-state index in [0.29, 0.717) is 24.8 Å². The van der Waals surface area contributed by atoms with E-state index in [9.17, 15) is 30.6 Å². The van der Waals surface area contributed by atoms with Crippen LogP contribution in [0.2, 0.25) is 0 Å². The van der Waals surface area contributed by atoms with Crippen LogP contribution in [0.4, 0.5) is 0 Å². The highest BCUT2D eigenvalue weighted by atomic mass is 16.7. The second-order valence-electron chi connectivity index (χ2n) is 7.09. The second-order valence-corrected chi connectivity index (χ2v) is 7.09. The van der Waals surface area contributed by atoms with E-state index in [1.54, 1.807) is 24.3 Å². The maximum Gasteiger partial charge on any atom is 0.229 e. The van der Waals surface area contributed by atoms with Gasteiger partial charge < -0.3 is 40.1 Å². The van der Waals surface area contributed by atoms with Crippen molar-refractivity contribution in [2.45, 2.75) is 50.0 Å². The lowest BCUT2D eigenvalue weighted by molar-refractivity contribution is -0.277. The predicted octanol–water partition coefficient (Wildman–Crippen LogP) is 0.452. The molecule has 0 radical (unpaired) electrons. The first kappa shape index (κ1) is 21.4. The number of phenolic OH excluding ortho intramolecular Hbond substituents is 2. The lowest BCUT2D eigenvalue weighted by Gasteiger charge is -2.39. The Hall–Kier alpha value is -2.36. The topological polar surface area (TPSA) is 140 Å². The van der Waals surface area contributed by atoms with Gasteiger partial charge in [0.05, 0.1) is 6.61 Å². The Kier molecular flexibility index (Phi) is 6.94. The normalized spacial score (nSPS) is 27.0. The summed E-state index contributed by atoms with van der Waals surface area (Å²) in [4.78, 5) is 0. The third-order valence-electron chi connectivity index (χ3n) is 5.03. The number of ether oxygens (including phenoxy) is 2. The first-order valence-corrected chi connectivity index (χ1v) is 9.46. The van der Waals surface area contributed by atoms with Crippen molar-refractivity contribution >= 4 is 0 Å². The van der Waals surface area contributed by atoms with Gasteiger partial charge in [0.25, 0.3) is 0 Å². The minimum Gasteiger partial charge on any atom is -0.508 e. The van der Waals surface area contributed by atoms with Crippen LogP contribution in [-0.4, -0.2) is 68.0 Å². The molecule has 158 valence electrons. The molecule has 3 rings (SSSR count). The van der Waals surface area contributed by atoms with Crippen molar-refractivity contribution in [3.8, 4) is 17.2 Å². The number of aryl methyl sites for hydroxylation is 1. The molecule has 2 aromatic carbocycles. The Morgan fingerprint density at radius 3 is 2.28 bits per heavy atom. The largest absolute Gasteiger partial charge is 0.508 e. The summed E-state index contributed by atoms with van der Waals surface area (Å²) in [6.45, 7) is -0.551. The van der Waals surface area contributed by atoms with Crippen molar-refractivity contribution in [1.82, 2.24) is 0 Å². The summed E-state index contributed by atoms with van der Waals surface area (Å²) in [5.74, 6) is 0.502. The maximum absolute atomic E-state index is 10.3. The van der Waals surface area contributed by atoms with Gasteiger partial charge in [-0.1, -0.05) is 18.2 Å². The van der Waals surface area contributed by atoms with Crippen LogP contribution < -0.4 is 4.74 Å². The van der Waals surface area contributed by atoms with Crippen molar-refractivity contribution in [3.63, 3.8) is 0 Å². The summed E-state index contributed by atoms with van der Waals surface area (Å²) >= 11 is 0. The number of phenols is 2. The van der Waals surface area contributed by atoms with E-state index in [2.05, 4.69) is 0 Å². The zero-order valence-corrected chi connectivity index (χ0v) is 15.8. The molecule has 1 aliphatic rings. The molecule has 2 aromatic rings. The molecule has 0 aromatic heterocycles. The van der Waals surface area contributed by atoms with Crippen LogP contribution in [0.1, 0.15) is 17.5 Å². The molecule has 0 spiro atoms. The van der Waals surface area contributed by atoms with Crippen LogP contribution in [0, 0.1) is 0 Å². The summed E-state index contributed by atoms with van der Waals surface area (Å²) < 4.78 is 11.1. The molecule has 1 fully saturated rings. The summed E-state index contributed by atoms with van der Waals surface area (Å²) in [7, 11) is 0. The van der Waals surface area contributed by atoms with E-state index in [-0.39, 0.29) is 17.2 Å². The molecule has 0 bridgehead atoms. The Morgan fingerprint density at radius 2 is 1.59 bits per heavy atom. The average molecular weight is 406 g/mol. The van der Waals surface area contributed by atoms with Gasteiger partial charge in [-0.25, -0.2) is 0 Å². The lowest BCUT2D eigenvalue weighted by Crippen LogP contribution is -2.60. The number of aliphatic hydroxyl groups is 4. The lowest BCUT2D eigenvalue weighted by atomic mass is 9.99. The fourth-order valence-electron chi connectivity index (χ4n) is 3.34. The van der Waals surface area contributed by atoms with Crippen LogP contribution in [0.3, 0.4) is 0 Å². The standard InChI is InChI=1S/C21H26O8/c22-11-17-18(25)19(26)20(27)21(29-17)28-16-6-2-5-15(24)14(16)4-1-3-12-7-9-13(23)10-8-12/h2,5-10,17-27H,1,3-4,11H2/t17-,18+,19+,20-,21-/m0/s1. The number of aliphatic hydroxyl groups excluding tert-OH is 4. The van der Waals surface area contributed by atoms with Gasteiger partial charge in [0, 0.05) is 5.56 Å². The minimum absolute atomic E-state index is 0.0257. The van der Waals surface area contributed by atoms with Gasteiger partial charge in [-0.3, -0.25) is 0 Å². The fraction of sp³-hybridized carbons (Fsp3) is 0.429. The quantitative estimate of drug-likeness (QED) is 0.390. The van der Waals surface area contributed by atoms with Gasteiger partial charge >= 0.3 is 0 Å². The minimum atomic E-state index is -1.54. The SMILES string of the molecule is OC[C@@H]1O[C@H](Oc2cccc(O)c2CCCc2ccc(O)cc2)[C@@H](O)[C@H](O)[C@@H]1O. The van der Waals surface area contributed by atoms with Crippen molar-refractivity contribution < 1.29 is 40.1 Å². The third-order valence-corrected chi connectivity index (χ3v) is 5.03. The van der Waals surface area contributed by atoms with E-state index >= 15 is 0 Å². The van der Waals surface area contributed by atoms with Gasteiger partial charge in [0.15, 0.2) is 0 Å². The summed E-state index contributed by atoms with van der Waals surface area (Å²) in [6, 6.07) is 11.6. The van der Waals surface area contributed by atoms with Gasteiger partial charge in [-0.2, -0.15) is 0 Å². The first-order chi connectivity index (χ1) is 13.9. The molecule has 0 unspecified atom stereocenters. The number of hydrogen-bond acceptors (Lipinski definition) is 8. The van der Waals surface area contributed by atoms with E-state index < -0.39 is 37.3 Å². The number of aromatic hydroxyl groups is 2. The van der Waals surface area contributed by atoms with E-state index in [0.717, 1.165) is 5.56 Å². The monoisotopic (exact) mass is 406 g/mol. The van der Waals surface area contributed by atoms with Gasteiger partial charge in [0.2, 0.25) is 6.29 Å². The van der Waals surface area contributed by atoms with Crippen molar-refractivity contribution in [3.05, 3.63) is 53.6 Å². The molecule has 1 aliphatic heterocycles. The molecule has 1 saturated heterocycles. The second kappa shape index (κ2) is 9.43. The summed E-state index contributed by atoms with van der Waals surface area (Å²) in [5, 5.41) is 58.9. The zero-order valence-electron chi connectivity index (χ0n) is 15.8. The average Bonchev–Trinajstić information content (AvgIpc) is 2.71. The molecule has 8 nitrogen and oxygen atoms in total. The van der Waals surface area contributed by atoms with Gasteiger partial charge in [-0.05, 0) is 49.1 Å². The molecule has 29 heavy (non-hydrogen) atoms. The van der Waals surface area contributed by atoms with Crippen molar-refractivity contribution in [2.24, 2.45) is 0 Å². The molecule has 6 N–H and O–H groups in total. The van der Waals surface area contributed by atoms with Crippen LogP contribution in [0.15, 0.2) is 42.5 Å². The smallest absolute Gasteiger partial charge is 0.229 e. The number of benzene rings is 2. The highest BCUT2D eigenvalue weighted by Gasteiger charge is 2.44. The molecule has 1 heterocycles. The molecule has 0 amide bonds. The number of rotatable bonds is 7. The molecular weight excluding hydrogens is 380 g/mol. The molecule has 0 aliphatic carbocycles. The van der Waals surface area contributed by atoms with Crippen LogP contribution in [0.5, 0.6) is 17.2 Å². The zero-order chi connectivity index (χ0) is 21.0. The fourth-order valence-corrected chi connectivity index (χ4v) is 3.34. The summed E-state index contributed by atoms with van der Waals surface area (Å²) in [5.41, 5.74) is 1.55. The highest BCUT2D eigenvalue weighted by Crippen LogP contribution is 2.32. The molecule has 8 heteroatoms. The Bertz CT molecular complexity index is 792. The van der Waals surface area contributed by atoms with Crippen LogP contribution in [-0.2, 0) is 17.6 Å². The Morgan fingerprint density at radius 1 is 0.862 bits per heavy atom. The predicted molar refractivity (Wildman–Crippen MR) is 103 cm³/mol. The highest BCUT2D eigenvalue weighted by molar-refractivity contribution is 5.44. The van der Waals surface area contributed by atoms with E-state index in [1.807, 2.05) is 12.1 Å². The van der Waals surface area contributed by atoms with Crippen molar-refractivity contribution in [1.29, 1.82) is 0 Å². The first-order valence-electron chi connectivity index (χ1n) is 9.46. The summed E-state index contributed by atoms with van der Waals surface area (Å²) in [6.07, 6.45) is -5.05. The maximum atomic E-state index is 10.3. The van der Waals surface area contributed by atoms with Crippen LogP contribution >= 0.6 is 0 Å². The molecule has 0 saturated carbocycles. The van der Waals surface area contributed by atoms with Gasteiger partial charge in [0.1, 0.15) is 41.7 Å². The molecule has 5 atom stereocenters. The van der Waals surface area contributed by atoms with E-state index in [1.165, 1.54) is 6.07 Å². The third kappa shape index (κ3) is 4.98.